The predicted molar refractivity (Wildman–Crippen MR) is 118 cm³/mol. The Morgan fingerprint density at radius 2 is 1.74 bits per heavy atom. The number of aliphatic imine (C=N–C) groups is 1. The molecule has 31 heavy (non-hydrogen) atoms. The van der Waals surface area contributed by atoms with Gasteiger partial charge in [-0.15, -0.1) is 0 Å². The fraction of sp³-hybridized carbons (Fsp3) is 0.640. The number of carbonyl (C=O) groups is 2. The number of esters is 2. The van der Waals surface area contributed by atoms with E-state index in [0.29, 0.717) is 0 Å². The molecule has 2 heterocycles. The van der Waals surface area contributed by atoms with Crippen LogP contribution in [0.25, 0.3) is 0 Å². The summed E-state index contributed by atoms with van der Waals surface area (Å²) in [5.41, 5.74) is 1.32. The Labute approximate surface area is 183 Å². The Kier molecular flexibility index (Phi) is 5.06. The summed E-state index contributed by atoms with van der Waals surface area (Å²) in [6.07, 6.45) is 6.27. The van der Waals surface area contributed by atoms with Gasteiger partial charge >= 0.3 is 11.9 Å². The van der Waals surface area contributed by atoms with Crippen LogP contribution in [-0.2, 0) is 24.5 Å². The van der Waals surface area contributed by atoms with Crippen LogP contribution in [-0.4, -0.2) is 43.5 Å². The number of nitrogens with zero attached hydrogens (tertiary/aromatic N) is 1. The first kappa shape index (κ1) is 20.5. The number of fused-ring (bicyclic) bond motifs is 1. The lowest BCUT2D eigenvalue weighted by Gasteiger charge is -2.40. The van der Waals surface area contributed by atoms with Crippen LogP contribution in [0.15, 0.2) is 29.3 Å². The van der Waals surface area contributed by atoms with Crippen molar-refractivity contribution in [2.45, 2.75) is 63.8 Å². The molecule has 4 aliphatic rings. The topological polar surface area (TPSA) is 77.0 Å². The van der Waals surface area contributed by atoms with Gasteiger partial charge in [0.25, 0.3) is 0 Å². The van der Waals surface area contributed by atoms with E-state index in [0.717, 1.165) is 55.6 Å². The molecule has 2 aliphatic carbocycles. The minimum Gasteiger partial charge on any atom is -0.465 e. The van der Waals surface area contributed by atoms with Crippen molar-refractivity contribution in [3.63, 3.8) is 0 Å². The summed E-state index contributed by atoms with van der Waals surface area (Å²) in [6, 6.07) is 7.77. The van der Waals surface area contributed by atoms with Crippen LogP contribution in [0.5, 0.6) is 0 Å². The van der Waals surface area contributed by atoms with Crippen molar-refractivity contribution >= 4 is 23.3 Å². The summed E-state index contributed by atoms with van der Waals surface area (Å²) in [5.74, 6) is -0.952. The molecule has 0 bridgehead atoms. The smallest absolute Gasteiger partial charge is 0.326 e. The molecule has 2 aliphatic heterocycles. The first-order valence-corrected chi connectivity index (χ1v) is 11.9. The zero-order valence-corrected chi connectivity index (χ0v) is 18.5. The molecule has 5 rings (SSSR count). The number of carbonyl (C=O) groups excluding carboxylic acids is 2. The Morgan fingerprint density at radius 1 is 1.06 bits per heavy atom. The Hall–Kier alpha value is -2.37. The highest BCUT2D eigenvalue weighted by Gasteiger charge is 2.78. The van der Waals surface area contributed by atoms with Crippen LogP contribution in [0, 0.1) is 17.3 Å². The van der Waals surface area contributed by atoms with E-state index in [2.05, 4.69) is 11.4 Å². The molecule has 2 fully saturated rings. The van der Waals surface area contributed by atoms with Gasteiger partial charge in [-0.1, -0.05) is 37.5 Å². The van der Waals surface area contributed by atoms with Gasteiger partial charge in [0.1, 0.15) is 0 Å². The maximum atomic E-state index is 13.8. The van der Waals surface area contributed by atoms with E-state index >= 15 is 0 Å². The van der Waals surface area contributed by atoms with E-state index in [1.165, 1.54) is 6.42 Å². The van der Waals surface area contributed by atoms with Crippen LogP contribution in [0.2, 0.25) is 0 Å². The summed E-state index contributed by atoms with van der Waals surface area (Å²) in [4.78, 5) is 32.7. The van der Waals surface area contributed by atoms with Gasteiger partial charge in [-0.25, -0.2) is 0 Å². The van der Waals surface area contributed by atoms with E-state index in [9.17, 15) is 9.59 Å². The van der Waals surface area contributed by atoms with Crippen LogP contribution in [0.3, 0.4) is 0 Å². The van der Waals surface area contributed by atoms with Gasteiger partial charge in [-0.3, -0.25) is 14.6 Å². The molecule has 6 heteroatoms. The molecule has 166 valence electrons. The second-order valence-corrected chi connectivity index (χ2v) is 9.30. The van der Waals surface area contributed by atoms with Gasteiger partial charge in [0, 0.05) is 23.9 Å². The molecule has 1 aromatic carbocycles. The SMILES string of the molecule is CCOC(=O)C1(C(=O)OCC)[C@H](C2CCCCC2)C2=NCC[C@@]23c2ccccc2N[C@@H]13. The number of hydrogen-bond acceptors (Lipinski definition) is 6. The lowest BCUT2D eigenvalue weighted by Crippen LogP contribution is -2.58. The van der Waals surface area contributed by atoms with Crippen LogP contribution in [0.1, 0.15) is 57.9 Å². The third-order valence-corrected chi connectivity index (χ3v) is 8.03. The van der Waals surface area contributed by atoms with Crippen molar-refractivity contribution in [3.8, 4) is 0 Å². The number of hydrogen-bond donors (Lipinski definition) is 1. The van der Waals surface area contributed by atoms with Crippen molar-refractivity contribution in [2.75, 3.05) is 25.1 Å². The fourth-order valence-electron chi connectivity index (χ4n) is 7.03. The van der Waals surface area contributed by atoms with Crippen molar-refractivity contribution in [2.24, 2.45) is 22.2 Å². The number of benzene rings is 1. The van der Waals surface area contributed by atoms with Crippen molar-refractivity contribution < 1.29 is 19.1 Å². The number of ether oxygens (including phenoxy) is 2. The molecule has 0 saturated heterocycles. The zero-order chi connectivity index (χ0) is 21.6. The molecule has 2 saturated carbocycles. The maximum Gasteiger partial charge on any atom is 0.326 e. The zero-order valence-electron chi connectivity index (χ0n) is 18.5. The molecular weight excluding hydrogens is 392 g/mol. The van der Waals surface area contributed by atoms with Crippen molar-refractivity contribution in [1.29, 1.82) is 0 Å². The minimum atomic E-state index is -1.41. The average molecular weight is 425 g/mol. The first-order chi connectivity index (χ1) is 15.1. The maximum absolute atomic E-state index is 13.8. The van der Waals surface area contributed by atoms with Crippen molar-refractivity contribution in [1.82, 2.24) is 0 Å². The summed E-state index contributed by atoms with van der Waals surface area (Å²) in [7, 11) is 0. The lowest BCUT2D eigenvalue weighted by molar-refractivity contribution is -0.177. The molecule has 0 unspecified atom stereocenters. The first-order valence-electron chi connectivity index (χ1n) is 11.9. The van der Waals surface area contributed by atoms with Gasteiger partial charge in [0.2, 0.25) is 0 Å². The monoisotopic (exact) mass is 424 g/mol. The molecule has 1 N–H and O–H groups in total. The molecular formula is C25H32N2O4. The Balaban J connectivity index is 1.76. The highest BCUT2D eigenvalue weighted by atomic mass is 16.6. The normalized spacial score (nSPS) is 30.6. The van der Waals surface area contributed by atoms with E-state index in [1.54, 1.807) is 13.8 Å². The van der Waals surface area contributed by atoms with E-state index in [-0.39, 0.29) is 25.0 Å². The standard InChI is InChI=1S/C25H32N2O4/c1-3-30-22(28)25(23(29)31-4-2)19(16-10-6-5-7-11-16)20-24(14-15-26-20)17-12-8-9-13-18(17)27-21(24)25/h8-9,12-13,16,19,21,27H,3-7,10-11,14-15H2,1-2H3/t19-,21-,24-/m1/s1. The number of anilines is 1. The van der Waals surface area contributed by atoms with Gasteiger partial charge in [0.15, 0.2) is 5.41 Å². The molecule has 1 spiro atoms. The van der Waals surface area contributed by atoms with Crippen LogP contribution in [0.4, 0.5) is 5.69 Å². The summed E-state index contributed by atoms with van der Waals surface area (Å²) < 4.78 is 11.3. The summed E-state index contributed by atoms with van der Waals surface area (Å²) in [5, 5.41) is 3.61. The van der Waals surface area contributed by atoms with Crippen molar-refractivity contribution in [3.05, 3.63) is 29.8 Å². The number of nitrogens with one attached hydrogen (secondary N) is 1. The largest absolute Gasteiger partial charge is 0.465 e. The van der Waals surface area contributed by atoms with Crippen LogP contribution < -0.4 is 5.32 Å². The lowest BCUT2D eigenvalue weighted by atomic mass is 9.65. The van der Waals surface area contributed by atoms with E-state index in [1.807, 2.05) is 18.2 Å². The average Bonchev–Trinajstić information content (AvgIpc) is 3.41. The quantitative estimate of drug-likeness (QED) is 0.573. The van der Waals surface area contributed by atoms with Crippen LogP contribution >= 0.6 is 0 Å². The number of para-hydroxylation sites is 1. The van der Waals surface area contributed by atoms with Gasteiger partial charge in [-0.05, 0) is 50.7 Å². The highest BCUT2D eigenvalue weighted by molar-refractivity contribution is 6.17. The molecule has 0 radical (unpaired) electrons. The van der Waals surface area contributed by atoms with E-state index in [4.69, 9.17) is 14.5 Å². The molecule has 0 aromatic heterocycles. The van der Waals surface area contributed by atoms with E-state index < -0.39 is 28.8 Å². The highest BCUT2D eigenvalue weighted by Crippen LogP contribution is 2.65. The second kappa shape index (κ2) is 7.64. The molecule has 3 atom stereocenters. The summed E-state index contributed by atoms with van der Waals surface area (Å²) >= 11 is 0. The fourth-order valence-corrected chi connectivity index (χ4v) is 7.03. The minimum absolute atomic E-state index is 0.232. The van der Waals surface area contributed by atoms with Gasteiger partial charge < -0.3 is 14.8 Å². The third-order valence-electron chi connectivity index (χ3n) is 8.03. The predicted octanol–water partition coefficient (Wildman–Crippen LogP) is 3.89. The summed E-state index contributed by atoms with van der Waals surface area (Å²) in [6.45, 7) is 4.79. The number of rotatable bonds is 5. The second-order valence-electron chi connectivity index (χ2n) is 9.30. The van der Waals surface area contributed by atoms with Gasteiger partial charge in [0.05, 0.1) is 24.7 Å². The Bertz CT molecular complexity index is 902. The molecule has 1 aromatic rings. The third kappa shape index (κ3) is 2.60. The molecule has 0 amide bonds. The van der Waals surface area contributed by atoms with Gasteiger partial charge in [-0.2, -0.15) is 0 Å². The Morgan fingerprint density at radius 3 is 2.42 bits per heavy atom. The molecule has 6 nitrogen and oxygen atoms in total.